The minimum absolute atomic E-state index is 0.0253. The van der Waals surface area contributed by atoms with Crippen LogP contribution in [-0.4, -0.2) is 26.1 Å². The molecular formula is C12H19N3O2. The predicted molar refractivity (Wildman–Crippen MR) is 69.2 cm³/mol. The van der Waals surface area contributed by atoms with E-state index >= 15 is 0 Å². The van der Waals surface area contributed by atoms with E-state index < -0.39 is 0 Å². The van der Waals surface area contributed by atoms with E-state index in [0.717, 1.165) is 12.1 Å². The van der Waals surface area contributed by atoms with Gasteiger partial charge in [-0.05, 0) is 18.6 Å². The quantitative estimate of drug-likeness (QED) is 0.650. The molecule has 4 N–H and O–H groups in total. The molecule has 5 heteroatoms. The molecule has 0 aliphatic rings. The summed E-state index contributed by atoms with van der Waals surface area (Å²) in [6.07, 6.45) is 0.932. The number of amides is 1. The van der Waals surface area contributed by atoms with Crippen molar-refractivity contribution in [1.29, 1.82) is 0 Å². The van der Waals surface area contributed by atoms with Gasteiger partial charge in [-0.3, -0.25) is 4.79 Å². The smallest absolute Gasteiger partial charge is 0.239 e. The van der Waals surface area contributed by atoms with Crippen molar-refractivity contribution in [2.75, 3.05) is 31.2 Å². The number of methoxy groups -OCH3 is 1. The lowest BCUT2D eigenvalue weighted by molar-refractivity contribution is -0.119. The van der Waals surface area contributed by atoms with Gasteiger partial charge in [0, 0.05) is 18.3 Å². The molecule has 0 spiro atoms. The minimum Gasteiger partial charge on any atom is -0.495 e. The topological polar surface area (TPSA) is 76.4 Å². The van der Waals surface area contributed by atoms with Crippen molar-refractivity contribution in [3.63, 3.8) is 0 Å². The van der Waals surface area contributed by atoms with E-state index in [4.69, 9.17) is 10.5 Å². The number of carbonyl (C=O) groups excluding carboxylic acids is 1. The summed E-state index contributed by atoms with van der Waals surface area (Å²) < 4.78 is 5.09. The first kappa shape index (κ1) is 13.2. The lowest BCUT2D eigenvalue weighted by Crippen LogP contribution is -2.30. The molecule has 0 heterocycles. The monoisotopic (exact) mass is 237 g/mol. The molecular weight excluding hydrogens is 218 g/mol. The van der Waals surface area contributed by atoms with Crippen molar-refractivity contribution in [1.82, 2.24) is 5.32 Å². The van der Waals surface area contributed by atoms with Crippen molar-refractivity contribution < 1.29 is 9.53 Å². The van der Waals surface area contributed by atoms with Crippen molar-refractivity contribution in [2.45, 2.75) is 13.3 Å². The Balaban J connectivity index is 2.49. The van der Waals surface area contributed by atoms with Crippen molar-refractivity contribution in [3.8, 4) is 5.75 Å². The second-order valence-corrected chi connectivity index (χ2v) is 3.66. The first-order valence-corrected chi connectivity index (χ1v) is 5.61. The van der Waals surface area contributed by atoms with Gasteiger partial charge in [0.1, 0.15) is 5.75 Å². The fraction of sp³-hybridized carbons (Fsp3) is 0.417. The normalized spacial score (nSPS) is 9.76. The van der Waals surface area contributed by atoms with Gasteiger partial charge in [0.25, 0.3) is 0 Å². The summed E-state index contributed by atoms with van der Waals surface area (Å²) in [5.41, 5.74) is 7.07. The van der Waals surface area contributed by atoms with Gasteiger partial charge in [-0.25, -0.2) is 0 Å². The second kappa shape index (κ2) is 6.62. The standard InChI is InChI=1S/C12H19N3O2/c1-3-6-14-12(16)8-15-9-4-5-10(13)11(7-9)17-2/h4-5,7,15H,3,6,8,13H2,1-2H3,(H,14,16). The Morgan fingerprint density at radius 2 is 2.24 bits per heavy atom. The highest BCUT2D eigenvalue weighted by Crippen LogP contribution is 2.24. The SMILES string of the molecule is CCCNC(=O)CNc1ccc(N)c(OC)c1. The number of nitrogens with one attached hydrogen (secondary N) is 2. The maximum atomic E-state index is 11.4. The van der Waals surface area contributed by atoms with Crippen LogP contribution in [0.1, 0.15) is 13.3 Å². The zero-order valence-electron chi connectivity index (χ0n) is 10.2. The summed E-state index contributed by atoms with van der Waals surface area (Å²) in [5, 5.41) is 5.79. The minimum atomic E-state index is -0.0253. The Bertz CT molecular complexity index is 380. The zero-order valence-corrected chi connectivity index (χ0v) is 10.2. The third-order valence-corrected chi connectivity index (χ3v) is 2.26. The average Bonchev–Trinajstić information content (AvgIpc) is 2.35. The zero-order chi connectivity index (χ0) is 12.7. The number of nitrogen functional groups attached to an aromatic ring is 1. The van der Waals surface area contributed by atoms with Gasteiger partial charge in [0.2, 0.25) is 5.91 Å². The van der Waals surface area contributed by atoms with Crippen LogP contribution in [0.5, 0.6) is 5.75 Å². The molecule has 0 aliphatic carbocycles. The fourth-order valence-electron chi connectivity index (χ4n) is 1.33. The summed E-state index contributed by atoms with van der Waals surface area (Å²) in [7, 11) is 1.56. The first-order valence-electron chi connectivity index (χ1n) is 5.61. The predicted octanol–water partition coefficient (Wildman–Crippen LogP) is 1.22. The highest BCUT2D eigenvalue weighted by molar-refractivity contribution is 5.80. The Labute approximate surface area is 101 Å². The number of rotatable bonds is 6. The lowest BCUT2D eigenvalue weighted by Gasteiger charge is -2.09. The molecule has 0 radical (unpaired) electrons. The summed E-state index contributed by atoms with van der Waals surface area (Å²) >= 11 is 0. The van der Waals surface area contributed by atoms with E-state index in [-0.39, 0.29) is 12.5 Å². The van der Waals surface area contributed by atoms with E-state index in [2.05, 4.69) is 10.6 Å². The Hall–Kier alpha value is -1.91. The maximum Gasteiger partial charge on any atom is 0.239 e. The summed E-state index contributed by atoms with van der Waals surface area (Å²) in [4.78, 5) is 11.4. The summed E-state index contributed by atoms with van der Waals surface area (Å²) in [6, 6.07) is 5.32. The molecule has 5 nitrogen and oxygen atoms in total. The van der Waals surface area contributed by atoms with Crippen LogP contribution in [0, 0.1) is 0 Å². The molecule has 1 amide bonds. The second-order valence-electron chi connectivity index (χ2n) is 3.66. The number of carbonyl (C=O) groups is 1. The molecule has 1 aromatic carbocycles. The molecule has 0 unspecified atom stereocenters. The highest BCUT2D eigenvalue weighted by atomic mass is 16.5. The van der Waals surface area contributed by atoms with Crippen LogP contribution in [-0.2, 0) is 4.79 Å². The number of hydrogen-bond donors (Lipinski definition) is 3. The van der Waals surface area contributed by atoms with Crippen LogP contribution < -0.4 is 21.1 Å². The van der Waals surface area contributed by atoms with Gasteiger partial charge < -0.3 is 21.1 Å². The van der Waals surface area contributed by atoms with E-state index in [9.17, 15) is 4.79 Å². The Morgan fingerprint density at radius 3 is 2.88 bits per heavy atom. The summed E-state index contributed by atoms with van der Waals surface area (Å²) in [6.45, 7) is 2.96. The number of anilines is 2. The Kier molecular flexibility index (Phi) is 5.13. The van der Waals surface area contributed by atoms with Crippen LogP contribution in [0.4, 0.5) is 11.4 Å². The molecule has 0 saturated carbocycles. The van der Waals surface area contributed by atoms with Crippen LogP contribution in [0.2, 0.25) is 0 Å². The van der Waals surface area contributed by atoms with Crippen LogP contribution >= 0.6 is 0 Å². The van der Waals surface area contributed by atoms with Gasteiger partial charge in [0.15, 0.2) is 0 Å². The number of ether oxygens (including phenoxy) is 1. The molecule has 0 aliphatic heterocycles. The van der Waals surface area contributed by atoms with Crippen LogP contribution in [0.15, 0.2) is 18.2 Å². The molecule has 0 atom stereocenters. The summed E-state index contributed by atoms with van der Waals surface area (Å²) in [5.74, 6) is 0.576. The van der Waals surface area contributed by atoms with E-state index in [0.29, 0.717) is 18.0 Å². The highest BCUT2D eigenvalue weighted by Gasteiger charge is 2.03. The molecule has 0 saturated heterocycles. The van der Waals surface area contributed by atoms with Gasteiger partial charge in [-0.2, -0.15) is 0 Å². The lowest BCUT2D eigenvalue weighted by atomic mass is 10.2. The Morgan fingerprint density at radius 1 is 1.47 bits per heavy atom. The third kappa shape index (κ3) is 4.22. The average molecular weight is 237 g/mol. The third-order valence-electron chi connectivity index (χ3n) is 2.26. The van der Waals surface area contributed by atoms with Crippen molar-refractivity contribution >= 4 is 17.3 Å². The number of nitrogens with two attached hydrogens (primary N) is 1. The molecule has 1 aromatic rings. The number of hydrogen-bond acceptors (Lipinski definition) is 4. The molecule has 0 bridgehead atoms. The fourth-order valence-corrected chi connectivity index (χ4v) is 1.33. The van der Waals surface area contributed by atoms with Gasteiger partial charge in [0.05, 0.1) is 19.3 Å². The van der Waals surface area contributed by atoms with E-state index in [1.807, 2.05) is 13.0 Å². The van der Waals surface area contributed by atoms with E-state index in [1.165, 1.54) is 0 Å². The molecule has 17 heavy (non-hydrogen) atoms. The number of benzene rings is 1. The van der Waals surface area contributed by atoms with Crippen LogP contribution in [0.3, 0.4) is 0 Å². The first-order chi connectivity index (χ1) is 8.17. The molecule has 1 rings (SSSR count). The van der Waals surface area contributed by atoms with Gasteiger partial charge in [-0.15, -0.1) is 0 Å². The maximum absolute atomic E-state index is 11.4. The molecule has 0 fully saturated rings. The molecule has 94 valence electrons. The van der Waals surface area contributed by atoms with Crippen molar-refractivity contribution in [3.05, 3.63) is 18.2 Å². The molecule has 0 aromatic heterocycles. The van der Waals surface area contributed by atoms with Crippen molar-refractivity contribution in [2.24, 2.45) is 0 Å². The van der Waals surface area contributed by atoms with Gasteiger partial charge in [-0.1, -0.05) is 6.92 Å². The largest absolute Gasteiger partial charge is 0.495 e. The van der Waals surface area contributed by atoms with E-state index in [1.54, 1.807) is 19.2 Å². The van der Waals surface area contributed by atoms with Crippen LogP contribution in [0.25, 0.3) is 0 Å². The van der Waals surface area contributed by atoms with Gasteiger partial charge >= 0.3 is 0 Å².